The summed E-state index contributed by atoms with van der Waals surface area (Å²) >= 11 is 0. The van der Waals surface area contributed by atoms with E-state index in [1.54, 1.807) is 19.5 Å². The van der Waals surface area contributed by atoms with E-state index >= 15 is 0 Å². The number of carbonyl (C=O) groups is 1. The van der Waals surface area contributed by atoms with Gasteiger partial charge in [0.1, 0.15) is 5.75 Å². The molecular weight excluding hydrogens is 290 g/mol. The number of amides is 1. The highest BCUT2D eigenvalue weighted by Gasteiger charge is 2.09. The lowest BCUT2D eigenvalue weighted by atomic mass is 10.2. The van der Waals surface area contributed by atoms with Crippen LogP contribution >= 0.6 is 0 Å². The summed E-state index contributed by atoms with van der Waals surface area (Å²) < 4.78 is 5.28. The highest BCUT2D eigenvalue weighted by molar-refractivity contribution is 5.94. The maximum absolute atomic E-state index is 12.3. The van der Waals surface area contributed by atoms with Gasteiger partial charge in [0.25, 0.3) is 5.91 Å². The maximum Gasteiger partial charge on any atom is 0.253 e. The summed E-state index contributed by atoms with van der Waals surface area (Å²) in [7, 11) is 1.62. The van der Waals surface area contributed by atoms with Crippen LogP contribution in [0.3, 0.4) is 0 Å². The van der Waals surface area contributed by atoms with Crippen LogP contribution in [0.25, 0.3) is 0 Å². The number of ether oxygens (including phenoxy) is 1. The second-order valence-electron chi connectivity index (χ2n) is 5.73. The number of rotatable bonds is 7. The van der Waals surface area contributed by atoms with Crippen molar-refractivity contribution in [2.45, 2.75) is 20.4 Å². The summed E-state index contributed by atoms with van der Waals surface area (Å²) in [5, 5.41) is 6.16. The van der Waals surface area contributed by atoms with Crippen LogP contribution in [0.4, 0.5) is 5.69 Å². The highest BCUT2D eigenvalue weighted by atomic mass is 16.5. The Labute approximate surface area is 137 Å². The SMILES string of the molecule is COc1ccccc1CNC(=O)c1cncc(NCC(C)C)c1. The van der Waals surface area contributed by atoms with Crippen molar-refractivity contribution in [3.05, 3.63) is 53.9 Å². The van der Waals surface area contributed by atoms with E-state index in [0.717, 1.165) is 23.5 Å². The number of para-hydroxylation sites is 1. The minimum absolute atomic E-state index is 0.156. The molecule has 2 rings (SSSR count). The Morgan fingerprint density at radius 1 is 1.26 bits per heavy atom. The molecule has 0 spiro atoms. The molecule has 0 saturated heterocycles. The summed E-state index contributed by atoms with van der Waals surface area (Å²) in [4.78, 5) is 16.4. The summed E-state index contributed by atoms with van der Waals surface area (Å²) in [6, 6.07) is 9.43. The van der Waals surface area contributed by atoms with Crippen LogP contribution in [0, 0.1) is 5.92 Å². The number of pyridine rings is 1. The van der Waals surface area contributed by atoms with Gasteiger partial charge in [0.05, 0.1) is 18.4 Å². The number of nitrogens with zero attached hydrogens (tertiary/aromatic N) is 1. The molecule has 1 aromatic carbocycles. The molecule has 0 bridgehead atoms. The first kappa shape index (κ1) is 16.8. The topological polar surface area (TPSA) is 63.2 Å². The number of methoxy groups -OCH3 is 1. The summed E-state index contributed by atoms with van der Waals surface area (Å²) in [6.07, 6.45) is 3.29. The number of carbonyl (C=O) groups excluding carboxylic acids is 1. The van der Waals surface area contributed by atoms with E-state index in [0.29, 0.717) is 18.0 Å². The van der Waals surface area contributed by atoms with E-state index in [-0.39, 0.29) is 5.91 Å². The van der Waals surface area contributed by atoms with E-state index in [2.05, 4.69) is 29.5 Å². The molecule has 5 heteroatoms. The third-order valence-corrected chi connectivity index (χ3v) is 3.35. The zero-order valence-electron chi connectivity index (χ0n) is 13.8. The molecular formula is C18H23N3O2. The fourth-order valence-corrected chi connectivity index (χ4v) is 2.11. The fraction of sp³-hybridized carbons (Fsp3) is 0.333. The van der Waals surface area contributed by atoms with Gasteiger partial charge in [-0.25, -0.2) is 0 Å². The third-order valence-electron chi connectivity index (χ3n) is 3.35. The first-order chi connectivity index (χ1) is 11.1. The van der Waals surface area contributed by atoms with Crippen molar-refractivity contribution in [3.8, 4) is 5.75 Å². The molecule has 2 aromatic rings. The molecule has 1 amide bonds. The van der Waals surface area contributed by atoms with Crippen molar-refractivity contribution >= 4 is 11.6 Å². The molecule has 0 radical (unpaired) electrons. The summed E-state index contributed by atoms with van der Waals surface area (Å²) in [6.45, 7) is 5.51. The van der Waals surface area contributed by atoms with Crippen molar-refractivity contribution in [2.75, 3.05) is 19.0 Å². The van der Waals surface area contributed by atoms with E-state index in [9.17, 15) is 4.79 Å². The number of hydrogen-bond acceptors (Lipinski definition) is 4. The molecule has 0 aliphatic heterocycles. The van der Waals surface area contributed by atoms with E-state index in [1.165, 1.54) is 0 Å². The minimum atomic E-state index is -0.156. The number of nitrogens with one attached hydrogen (secondary N) is 2. The third kappa shape index (κ3) is 4.98. The predicted octanol–water partition coefficient (Wildman–Crippen LogP) is 3.09. The standard InChI is InChI=1S/C18H23N3O2/c1-13(2)9-20-16-8-15(10-19-12-16)18(22)21-11-14-6-4-5-7-17(14)23-3/h4-8,10,12-13,20H,9,11H2,1-3H3,(H,21,22). The highest BCUT2D eigenvalue weighted by Crippen LogP contribution is 2.17. The molecule has 5 nitrogen and oxygen atoms in total. The van der Waals surface area contributed by atoms with Gasteiger partial charge in [0.15, 0.2) is 0 Å². The van der Waals surface area contributed by atoms with Gasteiger partial charge in [-0.3, -0.25) is 9.78 Å². The van der Waals surface area contributed by atoms with Crippen LogP contribution in [0.2, 0.25) is 0 Å². The molecule has 0 aliphatic rings. The normalized spacial score (nSPS) is 10.4. The van der Waals surface area contributed by atoms with E-state index in [4.69, 9.17) is 4.74 Å². The van der Waals surface area contributed by atoms with E-state index < -0.39 is 0 Å². The van der Waals surface area contributed by atoms with Crippen molar-refractivity contribution in [1.29, 1.82) is 0 Å². The van der Waals surface area contributed by atoms with Gasteiger partial charge in [-0.05, 0) is 18.1 Å². The zero-order valence-corrected chi connectivity index (χ0v) is 13.8. The Morgan fingerprint density at radius 3 is 2.78 bits per heavy atom. The summed E-state index contributed by atoms with van der Waals surface area (Å²) in [5.41, 5.74) is 2.32. The van der Waals surface area contributed by atoms with Crippen LogP contribution in [-0.2, 0) is 6.54 Å². The molecule has 0 aliphatic carbocycles. The van der Waals surface area contributed by atoms with E-state index in [1.807, 2.05) is 30.3 Å². The van der Waals surface area contributed by atoms with Crippen LogP contribution in [-0.4, -0.2) is 24.5 Å². The molecule has 0 saturated carbocycles. The van der Waals surface area contributed by atoms with Crippen LogP contribution < -0.4 is 15.4 Å². The van der Waals surface area contributed by atoms with Crippen LogP contribution in [0.1, 0.15) is 29.8 Å². The van der Waals surface area contributed by atoms with Gasteiger partial charge >= 0.3 is 0 Å². The van der Waals surface area contributed by atoms with Crippen molar-refractivity contribution in [2.24, 2.45) is 5.92 Å². The second-order valence-corrected chi connectivity index (χ2v) is 5.73. The average molecular weight is 313 g/mol. The number of benzene rings is 1. The lowest BCUT2D eigenvalue weighted by Crippen LogP contribution is -2.23. The molecule has 2 N–H and O–H groups in total. The van der Waals surface area contributed by atoms with Crippen molar-refractivity contribution in [3.63, 3.8) is 0 Å². The number of anilines is 1. The van der Waals surface area contributed by atoms with Gasteiger partial charge in [0, 0.05) is 31.0 Å². The Bertz CT molecular complexity index is 656. The first-order valence-corrected chi connectivity index (χ1v) is 7.69. The molecule has 23 heavy (non-hydrogen) atoms. The van der Waals surface area contributed by atoms with Gasteiger partial charge in [-0.15, -0.1) is 0 Å². The molecule has 1 aromatic heterocycles. The second kappa shape index (κ2) is 8.17. The molecule has 0 unspecified atom stereocenters. The lowest BCUT2D eigenvalue weighted by Gasteiger charge is -2.11. The maximum atomic E-state index is 12.3. The summed E-state index contributed by atoms with van der Waals surface area (Å²) in [5.74, 6) is 1.13. The average Bonchev–Trinajstić information content (AvgIpc) is 2.58. The zero-order chi connectivity index (χ0) is 16.7. The monoisotopic (exact) mass is 313 g/mol. The molecule has 0 atom stereocenters. The Kier molecular flexibility index (Phi) is 5.97. The molecule has 122 valence electrons. The Morgan fingerprint density at radius 2 is 2.04 bits per heavy atom. The Hall–Kier alpha value is -2.56. The number of aromatic nitrogens is 1. The van der Waals surface area contributed by atoms with Crippen molar-refractivity contribution in [1.82, 2.24) is 10.3 Å². The molecule has 1 heterocycles. The smallest absolute Gasteiger partial charge is 0.253 e. The van der Waals surface area contributed by atoms with Gasteiger partial charge in [-0.2, -0.15) is 0 Å². The minimum Gasteiger partial charge on any atom is -0.496 e. The predicted molar refractivity (Wildman–Crippen MR) is 91.7 cm³/mol. The van der Waals surface area contributed by atoms with Gasteiger partial charge in [0.2, 0.25) is 0 Å². The van der Waals surface area contributed by atoms with Crippen molar-refractivity contribution < 1.29 is 9.53 Å². The van der Waals surface area contributed by atoms with Gasteiger partial charge in [-0.1, -0.05) is 32.0 Å². The molecule has 0 fully saturated rings. The largest absolute Gasteiger partial charge is 0.496 e. The first-order valence-electron chi connectivity index (χ1n) is 7.69. The Balaban J connectivity index is 1.99. The lowest BCUT2D eigenvalue weighted by molar-refractivity contribution is 0.0950. The van der Waals surface area contributed by atoms with Crippen LogP contribution in [0.15, 0.2) is 42.7 Å². The number of hydrogen-bond donors (Lipinski definition) is 2. The van der Waals surface area contributed by atoms with Gasteiger partial charge < -0.3 is 15.4 Å². The quantitative estimate of drug-likeness (QED) is 0.824. The fourth-order valence-electron chi connectivity index (χ4n) is 2.11. The van der Waals surface area contributed by atoms with Crippen LogP contribution in [0.5, 0.6) is 5.75 Å².